The lowest BCUT2D eigenvalue weighted by molar-refractivity contribution is 0.0903. The third-order valence-electron chi connectivity index (χ3n) is 4.66. The molecule has 1 aromatic carbocycles. The van der Waals surface area contributed by atoms with E-state index >= 15 is 0 Å². The number of amides is 1. The van der Waals surface area contributed by atoms with Gasteiger partial charge >= 0.3 is 11.8 Å². The number of aryl methyl sites for hydroxylation is 2. The minimum absolute atomic E-state index is 0.0199. The zero-order valence-corrected chi connectivity index (χ0v) is 13.8. The molecule has 124 valence electrons. The van der Waals surface area contributed by atoms with Crippen molar-refractivity contribution in [2.45, 2.75) is 45.6 Å². The molecule has 1 fully saturated rings. The van der Waals surface area contributed by atoms with Gasteiger partial charge in [0.15, 0.2) is 5.76 Å². The molecule has 1 aliphatic rings. The molecule has 1 amide bonds. The third-order valence-corrected chi connectivity index (χ3v) is 4.66. The summed E-state index contributed by atoms with van der Waals surface area (Å²) in [5, 5.41) is 11.8. The van der Waals surface area contributed by atoms with Crippen LogP contribution >= 0.6 is 0 Å². The number of rotatable bonds is 3. The van der Waals surface area contributed by atoms with Crippen LogP contribution in [0.5, 0.6) is 0 Å². The lowest BCUT2D eigenvalue weighted by Crippen LogP contribution is -2.32. The van der Waals surface area contributed by atoms with Crippen molar-refractivity contribution in [3.8, 4) is 11.7 Å². The van der Waals surface area contributed by atoms with Crippen molar-refractivity contribution in [1.82, 2.24) is 15.5 Å². The van der Waals surface area contributed by atoms with Crippen LogP contribution < -0.4 is 5.32 Å². The largest absolute Gasteiger partial charge is 0.450 e. The Bertz CT molecular complexity index is 904. The van der Waals surface area contributed by atoms with Crippen LogP contribution in [0.4, 0.5) is 0 Å². The van der Waals surface area contributed by atoms with E-state index in [0.717, 1.165) is 47.8 Å². The normalized spacial score (nSPS) is 15.2. The molecule has 0 bridgehead atoms. The van der Waals surface area contributed by atoms with Crippen molar-refractivity contribution in [2.75, 3.05) is 0 Å². The molecule has 1 aliphatic carbocycles. The summed E-state index contributed by atoms with van der Waals surface area (Å²) < 4.78 is 11.5. The molecule has 3 aromatic rings. The highest BCUT2D eigenvalue weighted by molar-refractivity contribution is 5.91. The minimum Gasteiger partial charge on any atom is -0.450 e. The van der Waals surface area contributed by atoms with Crippen LogP contribution in [-0.2, 0) is 0 Å². The highest BCUT2D eigenvalue weighted by Crippen LogP contribution is 2.33. The van der Waals surface area contributed by atoms with Crippen molar-refractivity contribution < 1.29 is 13.6 Å². The van der Waals surface area contributed by atoms with E-state index in [0.29, 0.717) is 5.76 Å². The zero-order chi connectivity index (χ0) is 16.7. The van der Waals surface area contributed by atoms with Gasteiger partial charge in [-0.25, -0.2) is 0 Å². The van der Waals surface area contributed by atoms with E-state index in [1.807, 2.05) is 32.0 Å². The van der Waals surface area contributed by atoms with Crippen LogP contribution in [0.2, 0.25) is 0 Å². The topological polar surface area (TPSA) is 81.2 Å². The fourth-order valence-corrected chi connectivity index (χ4v) is 3.31. The maximum absolute atomic E-state index is 12.2. The first-order valence-corrected chi connectivity index (χ1v) is 8.27. The molecule has 2 heterocycles. The molecule has 0 radical (unpaired) electrons. The van der Waals surface area contributed by atoms with Crippen LogP contribution in [0.1, 0.15) is 47.5 Å². The maximum atomic E-state index is 12.2. The molecule has 2 aromatic heterocycles. The average molecular weight is 325 g/mol. The van der Waals surface area contributed by atoms with Crippen LogP contribution in [-0.4, -0.2) is 22.1 Å². The Kier molecular flexibility index (Phi) is 3.59. The van der Waals surface area contributed by atoms with Crippen LogP contribution in [0.15, 0.2) is 27.0 Å². The van der Waals surface area contributed by atoms with Crippen LogP contribution in [0.25, 0.3) is 22.6 Å². The van der Waals surface area contributed by atoms with Gasteiger partial charge in [0.1, 0.15) is 5.58 Å². The van der Waals surface area contributed by atoms with Gasteiger partial charge in [0.2, 0.25) is 0 Å². The second-order valence-corrected chi connectivity index (χ2v) is 6.37. The van der Waals surface area contributed by atoms with Gasteiger partial charge in [-0.3, -0.25) is 4.79 Å². The van der Waals surface area contributed by atoms with Crippen molar-refractivity contribution in [1.29, 1.82) is 0 Å². The van der Waals surface area contributed by atoms with Gasteiger partial charge in [0.05, 0.1) is 0 Å². The molecule has 0 aliphatic heterocycles. The number of hydrogen-bond acceptors (Lipinski definition) is 5. The smallest absolute Gasteiger partial charge is 0.309 e. The van der Waals surface area contributed by atoms with Gasteiger partial charge in [-0.15, -0.1) is 10.2 Å². The van der Waals surface area contributed by atoms with Gasteiger partial charge in [-0.05, 0) is 32.3 Å². The molecule has 6 nitrogen and oxygen atoms in total. The van der Waals surface area contributed by atoms with Crippen molar-refractivity contribution >= 4 is 16.9 Å². The standard InChI is InChI=1S/C18H19N3O3/c1-10-6-5-9-13-11(2)15(23-14(10)13)17-20-21-18(24-17)16(22)19-12-7-3-4-8-12/h5-6,9,12H,3-4,7-8H2,1-2H3,(H,19,22). The van der Waals surface area contributed by atoms with Crippen molar-refractivity contribution in [2.24, 2.45) is 0 Å². The monoisotopic (exact) mass is 325 g/mol. The highest BCUT2D eigenvalue weighted by atomic mass is 16.4. The summed E-state index contributed by atoms with van der Waals surface area (Å²) in [7, 11) is 0. The molecule has 4 rings (SSSR count). The quantitative estimate of drug-likeness (QED) is 0.792. The summed E-state index contributed by atoms with van der Waals surface area (Å²) >= 11 is 0. The number of fused-ring (bicyclic) bond motifs is 1. The second kappa shape index (κ2) is 5.78. The Balaban J connectivity index is 1.64. The van der Waals surface area contributed by atoms with E-state index in [9.17, 15) is 4.79 Å². The maximum Gasteiger partial charge on any atom is 0.309 e. The number of nitrogens with zero attached hydrogens (tertiary/aromatic N) is 2. The van der Waals surface area contributed by atoms with Crippen LogP contribution in [0, 0.1) is 13.8 Å². The summed E-state index contributed by atoms with van der Waals surface area (Å²) in [6.45, 7) is 3.94. The molecule has 6 heteroatoms. The highest BCUT2D eigenvalue weighted by Gasteiger charge is 2.24. The predicted molar refractivity (Wildman–Crippen MR) is 88.7 cm³/mol. The molecule has 0 saturated heterocycles. The summed E-state index contributed by atoms with van der Waals surface area (Å²) in [5.74, 6) is 0.422. The SMILES string of the molecule is Cc1c(-c2nnc(C(=O)NC3CCCC3)o2)oc2c(C)cccc12. The zero-order valence-electron chi connectivity index (χ0n) is 13.8. The number of furan rings is 1. The molecule has 0 atom stereocenters. The van der Waals surface area contributed by atoms with E-state index in [1.165, 1.54) is 0 Å². The van der Waals surface area contributed by atoms with Gasteiger partial charge < -0.3 is 14.2 Å². The van der Waals surface area contributed by atoms with E-state index in [-0.39, 0.29) is 23.7 Å². The van der Waals surface area contributed by atoms with Gasteiger partial charge in [-0.1, -0.05) is 31.0 Å². The molecule has 0 spiro atoms. The van der Waals surface area contributed by atoms with Gasteiger partial charge in [-0.2, -0.15) is 0 Å². The molecular formula is C18H19N3O3. The van der Waals surface area contributed by atoms with Gasteiger partial charge in [0, 0.05) is 17.0 Å². The molecule has 1 saturated carbocycles. The van der Waals surface area contributed by atoms with E-state index in [4.69, 9.17) is 8.83 Å². The number of hydrogen-bond donors (Lipinski definition) is 1. The Labute approximate surface area is 139 Å². The fourth-order valence-electron chi connectivity index (χ4n) is 3.31. The summed E-state index contributed by atoms with van der Waals surface area (Å²) in [4.78, 5) is 12.2. The molecule has 24 heavy (non-hydrogen) atoms. The van der Waals surface area contributed by atoms with Gasteiger partial charge in [0.25, 0.3) is 5.89 Å². The predicted octanol–water partition coefficient (Wildman–Crippen LogP) is 3.77. The molecule has 0 unspecified atom stereocenters. The first-order valence-electron chi connectivity index (χ1n) is 8.27. The number of benzene rings is 1. The third kappa shape index (κ3) is 2.48. The van der Waals surface area contributed by atoms with Crippen molar-refractivity contribution in [3.63, 3.8) is 0 Å². The van der Waals surface area contributed by atoms with E-state index in [1.54, 1.807) is 0 Å². The Morgan fingerprint density at radius 3 is 2.71 bits per heavy atom. The Hall–Kier alpha value is -2.63. The number of aromatic nitrogens is 2. The Morgan fingerprint density at radius 1 is 1.17 bits per heavy atom. The lowest BCUT2D eigenvalue weighted by atomic mass is 10.1. The minimum atomic E-state index is -0.314. The first-order chi connectivity index (χ1) is 11.6. The van der Waals surface area contributed by atoms with E-state index in [2.05, 4.69) is 15.5 Å². The fraction of sp³-hybridized carbons (Fsp3) is 0.389. The summed E-state index contributed by atoms with van der Waals surface area (Å²) in [6, 6.07) is 6.18. The number of carbonyl (C=O) groups is 1. The Morgan fingerprint density at radius 2 is 1.96 bits per heavy atom. The average Bonchev–Trinajstić information content (AvgIpc) is 3.28. The van der Waals surface area contributed by atoms with Crippen molar-refractivity contribution in [3.05, 3.63) is 35.2 Å². The number of para-hydroxylation sites is 1. The molecular weight excluding hydrogens is 306 g/mol. The first kappa shape index (κ1) is 14.9. The number of carbonyl (C=O) groups excluding carboxylic acids is 1. The van der Waals surface area contributed by atoms with Crippen LogP contribution in [0.3, 0.4) is 0 Å². The lowest BCUT2D eigenvalue weighted by Gasteiger charge is -2.08. The second-order valence-electron chi connectivity index (χ2n) is 6.37. The number of nitrogens with one attached hydrogen (secondary N) is 1. The summed E-state index contributed by atoms with van der Waals surface area (Å²) in [5.41, 5.74) is 2.78. The summed E-state index contributed by atoms with van der Waals surface area (Å²) in [6.07, 6.45) is 4.32. The molecule has 1 N–H and O–H groups in total. The van der Waals surface area contributed by atoms with E-state index < -0.39 is 0 Å².